The summed E-state index contributed by atoms with van der Waals surface area (Å²) in [6.45, 7) is 4.42. The highest BCUT2D eigenvalue weighted by Crippen LogP contribution is 2.24. The van der Waals surface area contributed by atoms with Gasteiger partial charge in [-0.15, -0.1) is 0 Å². The first-order valence-electron chi connectivity index (χ1n) is 6.82. The average molecular weight is 262 g/mol. The van der Waals surface area contributed by atoms with E-state index < -0.39 is 10.0 Å². The average Bonchev–Trinajstić information content (AvgIpc) is 2.29. The maximum Gasteiger partial charge on any atom is 0.211 e. The van der Waals surface area contributed by atoms with Crippen LogP contribution < -0.4 is 10.0 Å². The highest BCUT2D eigenvalue weighted by molar-refractivity contribution is 7.89. The van der Waals surface area contributed by atoms with E-state index in [0.29, 0.717) is 18.2 Å². The molecule has 0 amide bonds. The first-order valence-corrected chi connectivity index (χ1v) is 8.47. The molecule has 0 heterocycles. The summed E-state index contributed by atoms with van der Waals surface area (Å²) in [6.07, 6.45) is 6.68. The second-order valence-electron chi connectivity index (χ2n) is 4.89. The van der Waals surface area contributed by atoms with Crippen LogP contribution in [0, 0.1) is 5.92 Å². The molecule has 0 aromatic carbocycles. The third-order valence-electron chi connectivity index (χ3n) is 3.28. The van der Waals surface area contributed by atoms with Crippen LogP contribution in [0.1, 0.15) is 45.4 Å². The Morgan fingerprint density at radius 3 is 2.47 bits per heavy atom. The molecule has 0 unspecified atom stereocenters. The summed E-state index contributed by atoms with van der Waals surface area (Å²) in [6, 6.07) is 0. The van der Waals surface area contributed by atoms with Gasteiger partial charge in [-0.3, -0.25) is 0 Å². The van der Waals surface area contributed by atoms with Gasteiger partial charge in [0.25, 0.3) is 0 Å². The SMILES string of the molecule is CCNCCCNS(=O)(=O)CC1CCCCC1. The number of sulfonamides is 1. The molecule has 4 nitrogen and oxygen atoms in total. The molecule has 1 aliphatic rings. The van der Waals surface area contributed by atoms with Crippen molar-refractivity contribution < 1.29 is 8.42 Å². The first-order chi connectivity index (χ1) is 8.14. The molecule has 0 atom stereocenters. The lowest BCUT2D eigenvalue weighted by Gasteiger charge is -2.21. The Balaban J connectivity index is 2.16. The van der Waals surface area contributed by atoms with Crippen LogP contribution in [0.2, 0.25) is 0 Å². The van der Waals surface area contributed by atoms with Gasteiger partial charge < -0.3 is 5.32 Å². The molecule has 0 aliphatic heterocycles. The summed E-state index contributed by atoms with van der Waals surface area (Å²) in [5.41, 5.74) is 0. The van der Waals surface area contributed by atoms with Crippen LogP contribution in [0.15, 0.2) is 0 Å². The second kappa shape index (κ2) is 8.06. The molecular weight excluding hydrogens is 236 g/mol. The van der Waals surface area contributed by atoms with Crippen molar-refractivity contribution in [1.82, 2.24) is 10.0 Å². The van der Waals surface area contributed by atoms with Crippen LogP contribution in [0.3, 0.4) is 0 Å². The number of rotatable bonds is 8. The lowest BCUT2D eigenvalue weighted by Crippen LogP contribution is -2.32. The Kier molecular flexibility index (Phi) is 7.08. The van der Waals surface area contributed by atoms with Crippen LogP contribution in [-0.2, 0) is 10.0 Å². The fourth-order valence-corrected chi connectivity index (χ4v) is 3.87. The lowest BCUT2D eigenvalue weighted by molar-refractivity contribution is 0.384. The maximum absolute atomic E-state index is 11.8. The second-order valence-corrected chi connectivity index (χ2v) is 6.74. The van der Waals surface area contributed by atoms with Gasteiger partial charge in [0.2, 0.25) is 10.0 Å². The third-order valence-corrected chi connectivity index (χ3v) is 4.84. The third kappa shape index (κ3) is 7.01. The van der Waals surface area contributed by atoms with Crippen LogP contribution in [0.5, 0.6) is 0 Å². The van der Waals surface area contributed by atoms with E-state index in [1.165, 1.54) is 19.3 Å². The van der Waals surface area contributed by atoms with Crippen molar-refractivity contribution in [2.75, 3.05) is 25.4 Å². The van der Waals surface area contributed by atoms with Gasteiger partial charge in [0.15, 0.2) is 0 Å². The number of hydrogen-bond acceptors (Lipinski definition) is 3. The zero-order valence-electron chi connectivity index (χ0n) is 10.9. The minimum atomic E-state index is -3.05. The van der Waals surface area contributed by atoms with Crippen molar-refractivity contribution in [3.05, 3.63) is 0 Å². The number of hydrogen-bond donors (Lipinski definition) is 2. The van der Waals surface area contributed by atoms with Gasteiger partial charge in [0.1, 0.15) is 0 Å². The summed E-state index contributed by atoms with van der Waals surface area (Å²) in [4.78, 5) is 0. The molecule has 0 spiro atoms. The molecule has 1 fully saturated rings. The van der Waals surface area contributed by atoms with Crippen molar-refractivity contribution in [2.45, 2.75) is 45.4 Å². The molecule has 0 aromatic rings. The summed E-state index contributed by atoms with van der Waals surface area (Å²) in [7, 11) is -3.05. The van der Waals surface area contributed by atoms with Gasteiger partial charge in [0, 0.05) is 6.54 Å². The van der Waals surface area contributed by atoms with Crippen molar-refractivity contribution in [3.63, 3.8) is 0 Å². The van der Waals surface area contributed by atoms with E-state index in [9.17, 15) is 8.42 Å². The summed E-state index contributed by atoms with van der Waals surface area (Å²) in [5, 5.41) is 3.18. The smallest absolute Gasteiger partial charge is 0.211 e. The molecule has 1 saturated carbocycles. The van der Waals surface area contributed by atoms with Crippen molar-refractivity contribution in [2.24, 2.45) is 5.92 Å². The van der Waals surface area contributed by atoms with E-state index in [2.05, 4.69) is 10.0 Å². The highest BCUT2D eigenvalue weighted by atomic mass is 32.2. The fraction of sp³-hybridized carbons (Fsp3) is 1.00. The monoisotopic (exact) mass is 262 g/mol. The molecule has 0 aromatic heterocycles. The molecule has 0 radical (unpaired) electrons. The summed E-state index contributed by atoms with van der Waals surface area (Å²) >= 11 is 0. The molecule has 1 aliphatic carbocycles. The van der Waals surface area contributed by atoms with E-state index in [-0.39, 0.29) is 0 Å². The van der Waals surface area contributed by atoms with Crippen molar-refractivity contribution in [1.29, 1.82) is 0 Å². The zero-order chi connectivity index (χ0) is 12.6. The zero-order valence-corrected chi connectivity index (χ0v) is 11.7. The predicted octanol–water partition coefficient (Wildman–Crippen LogP) is 1.49. The Morgan fingerprint density at radius 2 is 1.82 bits per heavy atom. The molecule has 0 bridgehead atoms. The van der Waals surface area contributed by atoms with E-state index in [0.717, 1.165) is 32.4 Å². The van der Waals surface area contributed by atoms with Crippen molar-refractivity contribution >= 4 is 10.0 Å². The first kappa shape index (κ1) is 14.9. The topological polar surface area (TPSA) is 58.2 Å². The fourth-order valence-electron chi connectivity index (χ4n) is 2.34. The molecule has 5 heteroatoms. The van der Waals surface area contributed by atoms with Gasteiger partial charge in [-0.2, -0.15) is 0 Å². The Labute approximate surface area is 106 Å². The van der Waals surface area contributed by atoms with Gasteiger partial charge in [-0.25, -0.2) is 13.1 Å². The molecular formula is C12H26N2O2S. The Hall–Kier alpha value is -0.130. The van der Waals surface area contributed by atoms with Crippen molar-refractivity contribution in [3.8, 4) is 0 Å². The number of nitrogens with one attached hydrogen (secondary N) is 2. The predicted molar refractivity (Wildman–Crippen MR) is 71.5 cm³/mol. The van der Waals surface area contributed by atoms with Gasteiger partial charge >= 0.3 is 0 Å². The van der Waals surface area contributed by atoms with E-state index in [4.69, 9.17) is 0 Å². The van der Waals surface area contributed by atoms with E-state index in [1.54, 1.807) is 0 Å². The van der Waals surface area contributed by atoms with Crippen LogP contribution in [0.25, 0.3) is 0 Å². The maximum atomic E-state index is 11.8. The quantitative estimate of drug-likeness (QED) is 0.652. The van der Waals surface area contributed by atoms with Crippen LogP contribution in [-0.4, -0.2) is 33.8 Å². The van der Waals surface area contributed by atoms with Crippen LogP contribution >= 0.6 is 0 Å². The highest BCUT2D eigenvalue weighted by Gasteiger charge is 2.20. The summed E-state index contributed by atoms with van der Waals surface area (Å²) < 4.78 is 26.3. The minimum Gasteiger partial charge on any atom is -0.317 e. The normalized spacial score (nSPS) is 18.4. The lowest BCUT2D eigenvalue weighted by atomic mass is 9.91. The summed E-state index contributed by atoms with van der Waals surface area (Å²) in [5.74, 6) is 0.712. The van der Waals surface area contributed by atoms with Crippen LogP contribution in [0.4, 0.5) is 0 Å². The molecule has 1 rings (SSSR count). The Morgan fingerprint density at radius 1 is 1.12 bits per heavy atom. The minimum absolute atomic E-state index is 0.328. The standard InChI is InChI=1S/C12H26N2O2S/c1-2-13-9-6-10-14-17(15,16)11-12-7-4-3-5-8-12/h12-14H,2-11H2,1H3. The molecule has 17 heavy (non-hydrogen) atoms. The van der Waals surface area contributed by atoms with Gasteiger partial charge in [0.05, 0.1) is 5.75 Å². The molecule has 2 N–H and O–H groups in total. The largest absolute Gasteiger partial charge is 0.317 e. The van der Waals surface area contributed by atoms with Gasteiger partial charge in [-0.05, 0) is 38.3 Å². The van der Waals surface area contributed by atoms with E-state index in [1.807, 2.05) is 6.92 Å². The Bertz CT molecular complexity index is 285. The molecule has 0 saturated heterocycles. The molecule has 102 valence electrons. The van der Waals surface area contributed by atoms with E-state index >= 15 is 0 Å². The van der Waals surface area contributed by atoms with Gasteiger partial charge in [-0.1, -0.05) is 26.2 Å².